The van der Waals surface area contributed by atoms with Crippen molar-refractivity contribution in [3.63, 3.8) is 0 Å². The summed E-state index contributed by atoms with van der Waals surface area (Å²) >= 11 is 5.82. The first kappa shape index (κ1) is 18.9. The Morgan fingerprint density at radius 2 is 1.76 bits per heavy atom. The van der Waals surface area contributed by atoms with E-state index >= 15 is 0 Å². The molecule has 2 aromatic carbocycles. The van der Waals surface area contributed by atoms with Crippen molar-refractivity contribution in [2.45, 2.75) is 19.4 Å². The molecular weight excluding hydrogens is 342 g/mol. The molecule has 0 fully saturated rings. The Kier molecular flexibility index (Phi) is 6.95. The number of amides is 1. The zero-order valence-electron chi connectivity index (χ0n) is 14.5. The van der Waals surface area contributed by atoms with E-state index in [4.69, 9.17) is 25.8 Å². The molecule has 0 aliphatic heterocycles. The second-order valence-corrected chi connectivity index (χ2v) is 5.89. The molecule has 1 atom stereocenters. The molecule has 0 aliphatic carbocycles. The Morgan fingerprint density at radius 1 is 1.08 bits per heavy atom. The lowest BCUT2D eigenvalue weighted by Gasteiger charge is -2.18. The van der Waals surface area contributed by atoms with Crippen molar-refractivity contribution in [1.29, 1.82) is 0 Å². The molecule has 0 aromatic heterocycles. The minimum absolute atomic E-state index is 0.105. The van der Waals surface area contributed by atoms with Gasteiger partial charge in [0.25, 0.3) is 0 Å². The molecule has 2 rings (SSSR count). The van der Waals surface area contributed by atoms with Gasteiger partial charge in [-0.05, 0) is 49.4 Å². The van der Waals surface area contributed by atoms with E-state index < -0.39 is 0 Å². The van der Waals surface area contributed by atoms with E-state index in [1.165, 1.54) is 0 Å². The average Bonchev–Trinajstić information content (AvgIpc) is 2.62. The van der Waals surface area contributed by atoms with Crippen LogP contribution in [0.4, 0.5) is 0 Å². The molecule has 25 heavy (non-hydrogen) atoms. The lowest BCUT2D eigenvalue weighted by atomic mass is 10.1. The minimum atomic E-state index is -0.215. The Bertz CT molecular complexity index is 703. The van der Waals surface area contributed by atoms with Crippen molar-refractivity contribution in [2.75, 3.05) is 20.8 Å². The van der Waals surface area contributed by atoms with Crippen molar-refractivity contribution in [2.24, 2.45) is 0 Å². The summed E-state index contributed by atoms with van der Waals surface area (Å²) in [6, 6.07) is 12.3. The molecule has 5 nitrogen and oxygen atoms in total. The fraction of sp³-hybridized carbons (Fsp3) is 0.316. The number of benzene rings is 2. The van der Waals surface area contributed by atoms with Gasteiger partial charge in [0.05, 0.1) is 33.3 Å². The lowest BCUT2D eigenvalue weighted by molar-refractivity contribution is -0.122. The Morgan fingerprint density at radius 3 is 2.40 bits per heavy atom. The molecule has 2 aromatic rings. The second-order valence-electron chi connectivity index (χ2n) is 5.45. The Labute approximate surface area is 152 Å². The highest BCUT2D eigenvalue weighted by molar-refractivity contribution is 6.30. The van der Waals surface area contributed by atoms with E-state index in [2.05, 4.69) is 5.32 Å². The van der Waals surface area contributed by atoms with Gasteiger partial charge in [0.15, 0.2) is 0 Å². The molecule has 0 unspecified atom stereocenters. The van der Waals surface area contributed by atoms with Gasteiger partial charge >= 0.3 is 0 Å². The number of carbonyl (C=O) groups is 1. The fourth-order valence-electron chi connectivity index (χ4n) is 2.36. The maximum Gasteiger partial charge on any atom is 0.223 e. The molecular formula is C19H22ClNO4. The summed E-state index contributed by atoms with van der Waals surface area (Å²) in [6.07, 6.45) is 0.249. The number of hydrogen-bond donors (Lipinski definition) is 1. The molecule has 0 bridgehead atoms. The summed E-state index contributed by atoms with van der Waals surface area (Å²) < 4.78 is 16.1. The molecule has 134 valence electrons. The van der Waals surface area contributed by atoms with Gasteiger partial charge in [0.2, 0.25) is 5.91 Å². The third-order valence-corrected chi connectivity index (χ3v) is 3.94. The topological polar surface area (TPSA) is 56.8 Å². The molecule has 0 aliphatic rings. The predicted molar refractivity (Wildman–Crippen MR) is 97.7 cm³/mol. The number of methoxy groups -OCH3 is 2. The number of rotatable bonds is 8. The third-order valence-electron chi connectivity index (χ3n) is 3.69. The zero-order valence-corrected chi connectivity index (χ0v) is 15.3. The number of nitrogens with one attached hydrogen (secondary N) is 1. The number of hydrogen-bond acceptors (Lipinski definition) is 4. The number of halogens is 1. The van der Waals surface area contributed by atoms with Crippen LogP contribution < -0.4 is 19.5 Å². The summed E-state index contributed by atoms with van der Waals surface area (Å²) in [5.74, 6) is 1.99. The van der Waals surface area contributed by atoms with E-state index in [0.717, 1.165) is 5.56 Å². The molecule has 6 heteroatoms. The first-order valence-corrected chi connectivity index (χ1v) is 8.31. The van der Waals surface area contributed by atoms with Gasteiger partial charge in [-0.2, -0.15) is 0 Å². The summed E-state index contributed by atoms with van der Waals surface area (Å²) in [7, 11) is 3.20. The molecule has 0 heterocycles. The van der Waals surface area contributed by atoms with Crippen LogP contribution in [0.1, 0.15) is 24.9 Å². The monoisotopic (exact) mass is 363 g/mol. The van der Waals surface area contributed by atoms with E-state index in [1.54, 1.807) is 38.5 Å². The van der Waals surface area contributed by atoms with Crippen molar-refractivity contribution < 1.29 is 19.0 Å². The van der Waals surface area contributed by atoms with Crippen molar-refractivity contribution in [3.8, 4) is 17.2 Å². The van der Waals surface area contributed by atoms with Crippen molar-refractivity contribution in [1.82, 2.24) is 5.32 Å². The van der Waals surface area contributed by atoms with Crippen molar-refractivity contribution in [3.05, 3.63) is 53.1 Å². The van der Waals surface area contributed by atoms with Gasteiger partial charge in [-0.15, -0.1) is 0 Å². The van der Waals surface area contributed by atoms with E-state index in [9.17, 15) is 4.79 Å². The smallest absolute Gasteiger partial charge is 0.223 e. The summed E-state index contributed by atoms with van der Waals surface area (Å²) in [6.45, 7) is 2.19. The van der Waals surface area contributed by atoms with E-state index in [0.29, 0.717) is 22.3 Å². The van der Waals surface area contributed by atoms with Crippen LogP contribution >= 0.6 is 11.6 Å². The molecule has 1 amide bonds. The Balaban J connectivity index is 1.88. The standard InChI is InChI=1S/C19H22ClNO4/c1-13(17-12-16(23-2)8-9-18(17)24-3)21-19(22)10-11-25-15-6-4-14(20)5-7-15/h4-9,12-13H,10-11H2,1-3H3,(H,21,22)/t13-/m0/s1. The van der Waals surface area contributed by atoms with Crippen LogP contribution in [0.25, 0.3) is 0 Å². The quantitative estimate of drug-likeness (QED) is 0.770. The molecule has 0 radical (unpaired) electrons. The molecule has 0 saturated carbocycles. The van der Waals surface area contributed by atoms with Crippen LogP contribution in [0, 0.1) is 0 Å². The van der Waals surface area contributed by atoms with Gasteiger partial charge in [0, 0.05) is 10.6 Å². The number of carbonyl (C=O) groups excluding carboxylic acids is 1. The van der Waals surface area contributed by atoms with Crippen LogP contribution in [0.3, 0.4) is 0 Å². The third kappa shape index (κ3) is 5.57. The first-order valence-electron chi connectivity index (χ1n) is 7.93. The summed E-state index contributed by atoms with van der Waals surface area (Å²) in [4.78, 5) is 12.1. The van der Waals surface area contributed by atoms with Crippen LogP contribution in [-0.2, 0) is 4.79 Å². The van der Waals surface area contributed by atoms with Gasteiger partial charge in [-0.25, -0.2) is 0 Å². The zero-order chi connectivity index (χ0) is 18.2. The fourth-order valence-corrected chi connectivity index (χ4v) is 2.49. The minimum Gasteiger partial charge on any atom is -0.497 e. The summed E-state index contributed by atoms with van der Waals surface area (Å²) in [5, 5.41) is 3.59. The first-order chi connectivity index (χ1) is 12.0. The highest BCUT2D eigenvalue weighted by Crippen LogP contribution is 2.29. The summed E-state index contributed by atoms with van der Waals surface area (Å²) in [5.41, 5.74) is 0.855. The van der Waals surface area contributed by atoms with Crippen molar-refractivity contribution >= 4 is 17.5 Å². The van der Waals surface area contributed by atoms with Crippen LogP contribution in [0.2, 0.25) is 5.02 Å². The average molecular weight is 364 g/mol. The second kappa shape index (κ2) is 9.18. The SMILES string of the molecule is COc1ccc(OC)c([C@H](C)NC(=O)CCOc2ccc(Cl)cc2)c1. The molecule has 1 N–H and O–H groups in total. The van der Waals surface area contributed by atoms with Crippen LogP contribution in [0.5, 0.6) is 17.2 Å². The molecule has 0 saturated heterocycles. The van der Waals surface area contributed by atoms with Gasteiger partial charge in [0.1, 0.15) is 17.2 Å². The lowest BCUT2D eigenvalue weighted by Crippen LogP contribution is -2.28. The number of ether oxygens (including phenoxy) is 3. The van der Waals surface area contributed by atoms with Crippen LogP contribution in [0.15, 0.2) is 42.5 Å². The Hall–Kier alpha value is -2.40. The van der Waals surface area contributed by atoms with Gasteiger partial charge in [-0.3, -0.25) is 4.79 Å². The normalized spacial score (nSPS) is 11.5. The van der Waals surface area contributed by atoms with Gasteiger partial charge < -0.3 is 19.5 Å². The largest absolute Gasteiger partial charge is 0.497 e. The molecule has 0 spiro atoms. The van der Waals surface area contributed by atoms with Crippen LogP contribution in [-0.4, -0.2) is 26.7 Å². The highest BCUT2D eigenvalue weighted by Gasteiger charge is 2.15. The predicted octanol–water partition coefficient (Wildman–Crippen LogP) is 4.00. The van der Waals surface area contributed by atoms with E-state index in [1.807, 2.05) is 25.1 Å². The van der Waals surface area contributed by atoms with Gasteiger partial charge in [-0.1, -0.05) is 11.6 Å². The maximum absolute atomic E-state index is 12.1. The highest BCUT2D eigenvalue weighted by atomic mass is 35.5. The maximum atomic E-state index is 12.1. The van der Waals surface area contributed by atoms with E-state index in [-0.39, 0.29) is 25.0 Å².